The third-order valence-corrected chi connectivity index (χ3v) is 3.88. The van der Waals surface area contributed by atoms with Crippen LogP contribution >= 0.6 is 0 Å². The van der Waals surface area contributed by atoms with Crippen molar-refractivity contribution in [1.82, 2.24) is 4.90 Å². The van der Waals surface area contributed by atoms with Crippen molar-refractivity contribution in [3.63, 3.8) is 0 Å². The summed E-state index contributed by atoms with van der Waals surface area (Å²) in [6.45, 7) is 5.79. The van der Waals surface area contributed by atoms with Gasteiger partial charge in [-0.15, -0.1) is 0 Å². The second-order valence-corrected chi connectivity index (χ2v) is 5.56. The molecule has 2 rings (SSSR count). The van der Waals surface area contributed by atoms with Crippen LogP contribution in [0, 0.1) is 0 Å². The molecular formula is C16H25N3O. The molecule has 0 spiro atoms. The maximum Gasteiger partial charge on any atom is 0.248 e. The quantitative estimate of drug-likeness (QED) is 0.868. The van der Waals surface area contributed by atoms with Gasteiger partial charge in [0.05, 0.1) is 0 Å². The summed E-state index contributed by atoms with van der Waals surface area (Å²) in [6.07, 6.45) is 4.79. The van der Waals surface area contributed by atoms with E-state index in [-0.39, 0.29) is 5.91 Å². The van der Waals surface area contributed by atoms with Gasteiger partial charge in [-0.25, -0.2) is 0 Å². The number of carbonyl (C=O) groups excluding carboxylic acids is 1. The van der Waals surface area contributed by atoms with E-state index in [0.29, 0.717) is 11.6 Å². The molecule has 0 radical (unpaired) electrons. The molecule has 0 bridgehead atoms. The topological polar surface area (TPSA) is 58.4 Å². The predicted octanol–water partition coefficient (Wildman–Crippen LogP) is 2.46. The molecule has 4 heteroatoms. The van der Waals surface area contributed by atoms with Gasteiger partial charge in [0.25, 0.3) is 0 Å². The zero-order valence-corrected chi connectivity index (χ0v) is 12.3. The molecule has 3 N–H and O–H groups in total. The number of amides is 1. The number of nitrogens with one attached hydrogen (secondary N) is 1. The molecule has 1 aromatic rings. The lowest BCUT2D eigenvalue weighted by atomic mass is 10.1. The van der Waals surface area contributed by atoms with Crippen molar-refractivity contribution in [2.45, 2.75) is 38.6 Å². The van der Waals surface area contributed by atoms with Crippen LogP contribution in [0.2, 0.25) is 0 Å². The second kappa shape index (κ2) is 7.29. The highest BCUT2D eigenvalue weighted by atomic mass is 16.1. The van der Waals surface area contributed by atoms with Crippen molar-refractivity contribution in [3.05, 3.63) is 29.8 Å². The fourth-order valence-corrected chi connectivity index (χ4v) is 2.84. The highest BCUT2D eigenvalue weighted by Gasteiger charge is 2.16. The van der Waals surface area contributed by atoms with Crippen LogP contribution in [0.3, 0.4) is 0 Å². The molecule has 1 aliphatic rings. The van der Waals surface area contributed by atoms with Crippen LogP contribution < -0.4 is 11.1 Å². The molecule has 1 aromatic carbocycles. The largest absolute Gasteiger partial charge is 0.382 e. The highest BCUT2D eigenvalue weighted by Crippen LogP contribution is 2.18. The first-order valence-corrected chi connectivity index (χ1v) is 7.58. The number of primary amides is 1. The van der Waals surface area contributed by atoms with E-state index in [9.17, 15) is 4.79 Å². The van der Waals surface area contributed by atoms with E-state index >= 15 is 0 Å². The number of hydrogen-bond acceptors (Lipinski definition) is 3. The minimum absolute atomic E-state index is 0.372. The molecule has 0 saturated carbocycles. The molecule has 1 unspecified atom stereocenters. The lowest BCUT2D eigenvalue weighted by Crippen LogP contribution is -2.27. The lowest BCUT2D eigenvalue weighted by molar-refractivity contribution is 0.100. The number of likely N-dealkylation sites (tertiary alicyclic amines) is 1. The zero-order chi connectivity index (χ0) is 14.4. The first kappa shape index (κ1) is 14.9. The van der Waals surface area contributed by atoms with E-state index in [4.69, 9.17) is 5.73 Å². The van der Waals surface area contributed by atoms with E-state index in [1.807, 2.05) is 18.2 Å². The first-order valence-electron chi connectivity index (χ1n) is 7.58. The van der Waals surface area contributed by atoms with Gasteiger partial charge in [0.2, 0.25) is 5.91 Å². The minimum Gasteiger partial charge on any atom is -0.382 e. The summed E-state index contributed by atoms with van der Waals surface area (Å²) in [5, 5.41) is 3.54. The maximum atomic E-state index is 11.2. The summed E-state index contributed by atoms with van der Waals surface area (Å²) in [6, 6.07) is 7.96. The Labute approximate surface area is 121 Å². The van der Waals surface area contributed by atoms with Crippen molar-refractivity contribution in [3.8, 4) is 0 Å². The molecule has 1 aliphatic heterocycles. The Balaban J connectivity index is 1.93. The molecular weight excluding hydrogens is 250 g/mol. The van der Waals surface area contributed by atoms with Crippen LogP contribution in [0.4, 0.5) is 5.69 Å². The third kappa shape index (κ3) is 4.23. The number of nitrogens with zero attached hydrogens (tertiary/aromatic N) is 1. The van der Waals surface area contributed by atoms with Crippen LogP contribution in [0.15, 0.2) is 24.3 Å². The van der Waals surface area contributed by atoms with Gasteiger partial charge in [-0.1, -0.05) is 13.0 Å². The molecule has 110 valence electrons. The Morgan fingerprint density at radius 2 is 2.25 bits per heavy atom. The van der Waals surface area contributed by atoms with E-state index in [0.717, 1.165) is 18.7 Å². The molecule has 0 aliphatic carbocycles. The minimum atomic E-state index is -0.372. The molecule has 1 amide bonds. The Kier molecular flexibility index (Phi) is 5.41. The van der Waals surface area contributed by atoms with E-state index in [1.54, 1.807) is 6.07 Å². The molecule has 1 fully saturated rings. The Bertz CT molecular complexity index is 447. The SMILES string of the molecule is CCCN1CCCC(Nc2cccc(C(N)=O)c2)CC1. The van der Waals surface area contributed by atoms with Gasteiger partial charge < -0.3 is 16.0 Å². The monoisotopic (exact) mass is 275 g/mol. The van der Waals surface area contributed by atoms with Gasteiger partial charge in [0.1, 0.15) is 0 Å². The lowest BCUT2D eigenvalue weighted by Gasteiger charge is -2.20. The van der Waals surface area contributed by atoms with E-state index < -0.39 is 0 Å². The predicted molar refractivity (Wildman–Crippen MR) is 83.0 cm³/mol. The van der Waals surface area contributed by atoms with Crippen molar-refractivity contribution in [1.29, 1.82) is 0 Å². The first-order chi connectivity index (χ1) is 9.69. The number of carbonyl (C=O) groups is 1. The molecule has 1 heterocycles. The van der Waals surface area contributed by atoms with Crippen molar-refractivity contribution < 1.29 is 4.79 Å². The summed E-state index contributed by atoms with van der Waals surface area (Å²) < 4.78 is 0. The van der Waals surface area contributed by atoms with Gasteiger partial charge in [0, 0.05) is 23.8 Å². The maximum absolute atomic E-state index is 11.2. The third-order valence-electron chi connectivity index (χ3n) is 3.88. The summed E-state index contributed by atoms with van der Waals surface area (Å²) >= 11 is 0. The summed E-state index contributed by atoms with van der Waals surface area (Å²) in [4.78, 5) is 13.7. The molecule has 1 atom stereocenters. The van der Waals surface area contributed by atoms with Crippen LogP contribution in [-0.2, 0) is 0 Å². The number of benzene rings is 1. The number of rotatable bonds is 5. The Morgan fingerprint density at radius 1 is 1.40 bits per heavy atom. The smallest absolute Gasteiger partial charge is 0.248 e. The summed E-state index contributed by atoms with van der Waals surface area (Å²) in [5.74, 6) is -0.372. The highest BCUT2D eigenvalue weighted by molar-refractivity contribution is 5.93. The summed E-state index contributed by atoms with van der Waals surface area (Å²) in [7, 11) is 0. The standard InChI is InChI=1S/C16H25N3O/c1-2-9-19-10-4-7-14(8-11-19)18-15-6-3-5-13(12-15)16(17)20/h3,5-6,12,14,18H,2,4,7-11H2,1H3,(H2,17,20). The van der Waals surface area contributed by atoms with Crippen molar-refractivity contribution >= 4 is 11.6 Å². The zero-order valence-electron chi connectivity index (χ0n) is 12.3. The number of anilines is 1. The van der Waals surface area contributed by atoms with Crippen LogP contribution in [0.5, 0.6) is 0 Å². The van der Waals surface area contributed by atoms with Gasteiger partial charge in [-0.05, 0) is 57.0 Å². The van der Waals surface area contributed by atoms with Crippen molar-refractivity contribution in [2.75, 3.05) is 25.0 Å². The number of nitrogens with two attached hydrogens (primary N) is 1. The van der Waals surface area contributed by atoms with Crippen LogP contribution in [0.1, 0.15) is 43.0 Å². The van der Waals surface area contributed by atoms with Gasteiger partial charge in [0.15, 0.2) is 0 Å². The number of hydrogen-bond donors (Lipinski definition) is 2. The Morgan fingerprint density at radius 3 is 3.00 bits per heavy atom. The van der Waals surface area contributed by atoms with Crippen LogP contribution in [-0.4, -0.2) is 36.5 Å². The molecule has 0 aromatic heterocycles. The average Bonchev–Trinajstić information content (AvgIpc) is 2.65. The fraction of sp³-hybridized carbons (Fsp3) is 0.562. The van der Waals surface area contributed by atoms with Gasteiger partial charge >= 0.3 is 0 Å². The second-order valence-electron chi connectivity index (χ2n) is 5.56. The molecule has 4 nitrogen and oxygen atoms in total. The van der Waals surface area contributed by atoms with Gasteiger partial charge in [-0.2, -0.15) is 0 Å². The molecule has 20 heavy (non-hydrogen) atoms. The normalized spacial score (nSPS) is 20.4. The fourth-order valence-electron chi connectivity index (χ4n) is 2.84. The van der Waals surface area contributed by atoms with Gasteiger partial charge in [-0.3, -0.25) is 4.79 Å². The van der Waals surface area contributed by atoms with E-state index in [2.05, 4.69) is 17.1 Å². The van der Waals surface area contributed by atoms with Crippen LogP contribution in [0.25, 0.3) is 0 Å². The van der Waals surface area contributed by atoms with Crippen molar-refractivity contribution in [2.24, 2.45) is 5.73 Å². The summed E-state index contributed by atoms with van der Waals surface area (Å²) in [5.41, 5.74) is 6.88. The average molecular weight is 275 g/mol. The van der Waals surface area contributed by atoms with E-state index in [1.165, 1.54) is 32.4 Å². The Hall–Kier alpha value is -1.55. The molecule has 1 saturated heterocycles.